The van der Waals surface area contributed by atoms with Gasteiger partial charge < -0.3 is 5.11 Å². The van der Waals surface area contributed by atoms with Gasteiger partial charge in [0, 0.05) is 0 Å². The van der Waals surface area contributed by atoms with E-state index in [4.69, 9.17) is 0 Å². The predicted octanol–water partition coefficient (Wildman–Crippen LogP) is 5.03. The molecule has 0 aliphatic heterocycles. The van der Waals surface area contributed by atoms with Crippen molar-refractivity contribution in [3.05, 3.63) is 35.4 Å². The maximum absolute atomic E-state index is 10.2. The van der Waals surface area contributed by atoms with Gasteiger partial charge >= 0.3 is 0 Å². The fraction of sp³-hybridized carbons (Fsp3) is 0.647. The summed E-state index contributed by atoms with van der Waals surface area (Å²) < 4.78 is 0. The largest absolute Gasteiger partial charge is 0.388 e. The quantitative estimate of drug-likeness (QED) is 0.607. The molecule has 1 N–H and O–H groups in total. The number of aliphatic hydroxyl groups is 1. The van der Waals surface area contributed by atoms with Gasteiger partial charge in [0.15, 0.2) is 0 Å². The molecule has 0 bridgehead atoms. The van der Waals surface area contributed by atoms with E-state index in [0.29, 0.717) is 0 Å². The molecule has 1 unspecified atom stereocenters. The first-order valence-electron chi connectivity index (χ1n) is 7.54. The molecule has 0 aliphatic rings. The Bertz CT molecular complexity index is 319. The second-order valence-corrected chi connectivity index (χ2v) is 5.21. The number of rotatable bonds is 9. The third kappa shape index (κ3) is 5.68. The van der Waals surface area contributed by atoms with E-state index < -0.39 is 0 Å². The molecule has 1 nitrogen and oxygen atoms in total. The summed E-state index contributed by atoms with van der Waals surface area (Å²) in [6, 6.07) is 8.44. The normalized spacial score (nSPS) is 12.6. The predicted molar refractivity (Wildman–Crippen MR) is 78.8 cm³/mol. The number of aliphatic hydroxyl groups excluding tert-OH is 1. The minimum absolute atomic E-state index is 0.275. The van der Waals surface area contributed by atoms with Crippen molar-refractivity contribution >= 4 is 0 Å². The summed E-state index contributed by atoms with van der Waals surface area (Å²) in [5, 5.41) is 10.2. The van der Waals surface area contributed by atoms with E-state index in [9.17, 15) is 5.11 Å². The molecule has 1 aromatic rings. The maximum atomic E-state index is 10.2. The van der Waals surface area contributed by atoms with Gasteiger partial charge in [-0.3, -0.25) is 0 Å². The van der Waals surface area contributed by atoms with Crippen molar-refractivity contribution < 1.29 is 5.11 Å². The molecular weight excluding hydrogens is 220 g/mol. The van der Waals surface area contributed by atoms with Crippen molar-refractivity contribution in [1.82, 2.24) is 0 Å². The third-order valence-corrected chi connectivity index (χ3v) is 3.46. The molecule has 1 aromatic carbocycles. The van der Waals surface area contributed by atoms with Crippen LogP contribution in [0.4, 0.5) is 0 Å². The van der Waals surface area contributed by atoms with Crippen molar-refractivity contribution in [3.63, 3.8) is 0 Å². The molecule has 0 saturated heterocycles. The van der Waals surface area contributed by atoms with E-state index >= 15 is 0 Å². The minimum Gasteiger partial charge on any atom is -0.388 e. The molecule has 0 heterocycles. The molecule has 1 atom stereocenters. The molecule has 0 spiro atoms. The Morgan fingerprint density at radius 3 is 2.50 bits per heavy atom. The van der Waals surface area contributed by atoms with Crippen LogP contribution in [-0.4, -0.2) is 5.11 Å². The first kappa shape index (κ1) is 15.2. The van der Waals surface area contributed by atoms with Crippen molar-refractivity contribution in [2.75, 3.05) is 0 Å². The lowest BCUT2D eigenvalue weighted by atomic mass is 9.99. The first-order chi connectivity index (χ1) is 8.77. The van der Waals surface area contributed by atoms with E-state index in [1.165, 1.54) is 31.2 Å². The fourth-order valence-corrected chi connectivity index (χ4v) is 2.35. The Labute approximate surface area is 112 Å². The van der Waals surface area contributed by atoms with E-state index in [1.54, 1.807) is 0 Å². The highest BCUT2D eigenvalue weighted by molar-refractivity contribution is 5.25. The lowest BCUT2D eigenvalue weighted by molar-refractivity contribution is 0.163. The van der Waals surface area contributed by atoms with Crippen LogP contribution < -0.4 is 0 Å². The van der Waals surface area contributed by atoms with E-state index in [1.807, 2.05) is 0 Å². The van der Waals surface area contributed by atoms with Crippen LogP contribution in [0, 0.1) is 0 Å². The molecule has 0 aliphatic carbocycles. The van der Waals surface area contributed by atoms with Crippen LogP contribution >= 0.6 is 0 Å². The first-order valence-corrected chi connectivity index (χ1v) is 7.54. The van der Waals surface area contributed by atoms with E-state index in [0.717, 1.165) is 31.2 Å². The fourth-order valence-electron chi connectivity index (χ4n) is 2.35. The number of unbranched alkanes of at least 4 members (excludes halogenated alkanes) is 4. The Morgan fingerprint density at radius 1 is 1.00 bits per heavy atom. The van der Waals surface area contributed by atoms with Crippen LogP contribution in [-0.2, 0) is 6.42 Å². The van der Waals surface area contributed by atoms with Crippen molar-refractivity contribution in [2.24, 2.45) is 0 Å². The van der Waals surface area contributed by atoms with Crippen LogP contribution in [0.1, 0.15) is 76.0 Å². The Kier molecular flexibility index (Phi) is 7.75. The zero-order valence-corrected chi connectivity index (χ0v) is 12.0. The molecule has 0 saturated carbocycles. The highest BCUT2D eigenvalue weighted by atomic mass is 16.3. The van der Waals surface area contributed by atoms with Crippen molar-refractivity contribution in [2.45, 2.75) is 71.3 Å². The molecule has 102 valence electrons. The summed E-state index contributed by atoms with van der Waals surface area (Å²) in [6.07, 6.45) is 9.19. The molecule has 1 rings (SSSR count). The van der Waals surface area contributed by atoms with Gasteiger partial charge in [-0.15, -0.1) is 0 Å². The average Bonchev–Trinajstić information content (AvgIpc) is 2.39. The summed E-state index contributed by atoms with van der Waals surface area (Å²) in [5.41, 5.74) is 2.44. The van der Waals surface area contributed by atoms with Gasteiger partial charge in [-0.05, 0) is 24.0 Å². The summed E-state index contributed by atoms with van der Waals surface area (Å²) in [7, 11) is 0. The van der Waals surface area contributed by atoms with Gasteiger partial charge in [-0.2, -0.15) is 0 Å². The Morgan fingerprint density at radius 2 is 1.78 bits per heavy atom. The Balaban J connectivity index is 2.36. The van der Waals surface area contributed by atoms with Crippen LogP contribution in [0.15, 0.2) is 24.3 Å². The molecule has 0 amide bonds. The van der Waals surface area contributed by atoms with Crippen molar-refractivity contribution in [3.8, 4) is 0 Å². The van der Waals surface area contributed by atoms with Gasteiger partial charge in [0.2, 0.25) is 0 Å². The molecule has 0 aromatic heterocycles. The SMILES string of the molecule is CCCCCCCC(O)c1cccc(CCC)c1. The minimum atomic E-state index is -0.275. The lowest BCUT2D eigenvalue weighted by Crippen LogP contribution is -1.98. The second kappa shape index (κ2) is 9.16. The lowest BCUT2D eigenvalue weighted by Gasteiger charge is -2.12. The smallest absolute Gasteiger partial charge is 0.0790 e. The maximum Gasteiger partial charge on any atom is 0.0790 e. The highest BCUT2D eigenvalue weighted by Crippen LogP contribution is 2.21. The zero-order valence-electron chi connectivity index (χ0n) is 12.0. The number of hydrogen-bond acceptors (Lipinski definition) is 1. The van der Waals surface area contributed by atoms with Gasteiger partial charge in [-0.25, -0.2) is 0 Å². The van der Waals surface area contributed by atoms with Crippen LogP contribution in [0.5, 0.6) is 0 Å². The number of benzene rings is 1. The topological polar surface area (TPSA) is 20.2 Å². The molecule has 18 heavy (non-hydrogen) atoms. The van der Waals surface area contributed by atoms with Crippen LogP contribution in [0.25, 0.3) is 0 Å². The molecule has 1 heteroatoms. The van der Waals surface area contributed by atoms with Crippen LogP contribution in [0.3, 0.4) is 0 Å². The molecular formula is C17H28O. The van der Waals surface area contributed by atoms with Gasteiger partial charge in [0.05, 0.1) is 6.10 Å². The highest BCUT2D eigenvalue weighted by Gasteiger charge is 2.07. The van der Waals surface area contributed by atoms with Gasteiger partial charge in [0.1, 0.15) is 0 Å². The third-order valence-electron chi connectivity index (χ3n) is 3.46. The van der Waals surface area contributed by atoms with Gasteiger partial charge in [-0.1, -0.05) is 76.6 Å². The average molecular weight is 248 g/mol. The van der Waals surface area contributed by atoms with Crippen LogP contribution in [0.2, 0.25) is 0 Å². The summed E-state index contributed by atoms with van der Waals surface area (Å²) in [6.45, 7) is 4.42. The zero-order chi connectivity index (χ0) is 13.2. The number of aryl methyl sites for hydroxylation is 1. The second-order valence-electron chi connectivity index (χ2n) is 5.21. The number of hydrogen-bond donors (Lipinski definition) is 1. The Hall–Kier alpha value is -0.820. The van der Waals surface area contributed by atoms with Crippen molar-refractivity contribution in [1.29, 1.82) is 0 Å². The monoisotopic (exact) mass is 248 g/mol. The van der Waals surface area contributed by atoms with E-state index in [2.05, 4.69) is 38.1 Å². The standard InChI is InChI=1S/C17H28O/c1-3-5-6-7-8-13-17(18)16-12-9-11-15(14-16)10-4-2/h9,11-12,14,17-18H,3-8,10,13H2,1-2H3. The summed E-state index contributed by atoms with van der Waals surface area (Å²) in [5.74, 6) is 0. The molecule has 0 radical (unpaired) electrons. The molecule has 0 fully saturated rings. The summed E-state index contributed by atoms with van der Waals surface area (Å²) in [4.78, 5) is 0. The van der Waals surface area contributed by atoms with Gasteiger partial charge in [0.25, 0.3) is 0 Å². The van der Waals surface area contributed by atoms with E-state index in [-0.39, 0.29) is 6.10 Å². The summed E-state index contributed by atoms with van der Waals surface area (Å²) >= 11 is 0.